The van der Waals surface area contributed by atoms with Crippen molar-refractivity contribution in [2.75, 3.05) is 13.2 Å². The molecule has 3 rings (SSSR count). The van der Waals surface area contributed by atoms with Gasteiger partial charge in [-0.3, -0.25) is 0 Å². The number of ether oxygens (including phenoxy) is 2. The molecule has 0 spiro atoms. The minimum Gasteiger partial charge on any atom is -0.491 e. The highest BCUT2D eigenvalue weighted by Crippen LogP contribution is 2.36. The van der Waals surface area contributed by atoms with Crippen LogP contribution in [0.25, 0.3) is 0 Å². The lowest BCUT2D eigenvalue weighted by atomic mass is 10.0. The second-order valence-electron chi connectivity index (χ2n) is 5.38. The monoisotopic (exact) mass is 304 g/mol. The Labute approximate surface area is 128 Å². The van der Waals surface area contributed by atoms with Gasteiger partial charge in [-0.05, 0) is 37.1 Å². The molecule has 0 heterocycles. The average molecular weight is 304 g/mol. The summed E-state index contributed by atoms with van der Waals surface area (Å²) in [7, 11) is 0. The number of alkyl halides is 2. The highest BCUT2D eigenvalue weighted by molar-refractivity contribution is 5.36. The Kier molecular flexibility index (Phi) is 4.39. The molecule has 0 amide bonds. The molecule has 0 radical (unpaired) electrons. The van der Waals surface area contributed by atoms with Crippen molar-refractivity contribution < 1.29 is 18.3 Å². The summed E-state index contributed by atoms with van der Waals surface area (Å²) in [6, 6.07) is 13.8. The smallest absolute Gasteiger partial charge is 0.298 e. The normalized spacial score (nSPS) is 14.8. The second-order valence-corrected chi connectivity index (χ2v) is 5.38. The van der Waals surface area contributed by atoms with Crippen molar-refractivity contribution in [1.82, 2.24) is 0 Å². The molecule has 22 heavy (non-hydrogen) atoms. The van der Waals surface area contributed by atoms with E-state index in [-0.39, 0.29) is 11.1 Å². The van der Waals surface area contributed by atoms with Crippen molar-refractivity contribution >= 4 is 0 Å². The number of benzene rings is 2. The van der Waals surface area contributed by atoms with Gasteiger partial charge in [-0.15, -0.1) is 0 Å². The van der Waals surface area contributed by atoms with Crippen LogP contribution in [0.3, 0.4) is 0 Å². The van der Waals surface area contributed by atoms with Crippen molar-refractivity contribution in [2.24, 2.45) is 0 Å². The van der Waals surface area contributed by atoms with E-state index in [1.807, 2.05) is 0 Å². The maximum atomic E-state index is 14.4. The van der Waals surface area contributed by atoms with Gasteiger partial charge in [-0.2, -0.15) is 8.78 Å². The molecule has 4 heteroatoms. The lowest BCUT2D eigenvalue weighted by Gasteiger charge is -2.17. The van der Waals surface area contributed by atoms with Gasteiger partial charge in [0.2, 0.25) is 0 Å². The standard InChI is InChI=1S/C18H18F2O2/c19-18(20,14-4-2-1-3-5-14)15-6-8-16(9-7-15)21-12-13-22-17-10-11-17/h1-9,17H,10-13H2. The topological polar surface area (TPSA) is 18.5 Å². The molecule has 0 aromatic heterocycles. The highest BCUT2D eigenvalue weighted by Gasteiger charge is 2.33. The van der Waals surface area contributed by atoms with Crippen LogP contribution in [0.15, 0.2) is 54.6 Å². The predicted octanol–water partition coefficient (Wildman–Crippen LogP) is 4.38. The molecule has 0 aliphatic heterocycles. The van der Waals surface area contributed by atoms with Crippen LogP contribution in [0.5, 0.6) is 5.75 Å². The molecular formula is C18H18F2O2. The first kappa shape index (κ1) is 15.0. The zero-order chi connectivity index (χ0) is 15.4. The molecular weight excluding hydrogens is 286 g/mol. The van der Waals surface area contributed by atoms with Gasteiger partial charge in [0.25, 0.3) is 5.92 Å². The van der Waals surface area contributed by atoms with Crippen molar-refractivity contribution in [3.8, 4) is 5.75 Å². The van der Waals surface area contributed by atoms with E-state index in [9.17, 15) is 8.78 Å². The third-order valence-electron chi connectivity index (χ3n) is 3.58. The largest absolute Gasteiger partial charge is 0.491 e. The third kappa shape index (κ3) is 3.63. The van der Waals surface area contributed by atoms with E-state index >= 15 is 0 Å². The Balaban J connectivity index is 1.60. The zero-order valence-electron chi connectivity index (χ0n) is 12.2. The zero-order valence-corrected chi connectivity index (χ0v) is 12.2. The minimum atomic E-state index is -3.01. The molecule has 2 aromatic carbocycles. The molecule has 0 atom stereocenters. The van der Waals surface area contributed by atoms with Crippen molar-refractivity contribution in [1.29, 1.82) is 0 Å². The molecule has 1 aliphatic rings. The van der Waals surface area contributed by atoms with Gasteiger partial charge in [0, 0.05) is 11.1 Å². The van der Waals surface area contributed by atoms with E-state index in [0.717, 1.165) is 12.8 Å². The van der Waals surface area contributed by atoms with Crippen LogP contribution < -0.4 is 4.74 Å². The summed E-state index contributed by atoms with van der Waals surface area (Å²) >= 11 is 0. The molecule has 0 unspecified atom stereocenters. The van der Waals surface area contributed by atoms with E-state index in [1.165, 1.54) is 24.3 Å². The molecule has 1 fully saturated rings. The van der Waals surface area contributed by atoms with E-state index in [0.29, 0.717) is 25.1 Å². The summed E-state index contributed by atoms with van der Waals surface area (Å²) in [5, 5.41) is 0. The van der Waals surface area contributed by atoms with Gasteiger partial charge in [-0.25, -0.2) is 0 Å². The summed E-state index contributed by atoms with van der Waals surface area (Å²) in [4.78, 5) is 0. The van der Waals surface area contributed by atoms with Crippen LogP contribution in [-0.2, 0) is 10.7 Å². The van der Waals surface area contributed by atoms with Crippen LogP contribution in [0.1, 0.15) is 24.0 Å². The van der Waals surface area contributed by atoms with Gasteiger partial charge in [0.05, 0.1) is 12.7 Å². The van der Waals surface area contributed by atoms with Gasteiger partial charge < -0.3 is 9.47 Å². The van der Waals surface area contributed by atoms with E-state index in [2.05, 4.69) is 0 Å². The van der Waals surface area contributed by atoms with E-state index < -0.39 is 5.92 Å². The second kappa shape index (κ2) is 6.44. The Morgan fingerprint density at radius 3 is 2.14 bits per heavy atom. The molecule has 2 nitrogen and oxygen atoms in total. The van der Waals surface area contributed by atoms with Gasteiger partial charge in [-0.1, -0.05) is 30.3 Å². The molecule has 116 valence electrons. The molecule has 1 saturated carbocycles. The van der Waals surface area contributed by atoms with Gasteiger partial charge >= 0.3 is 0 Å². The molecule has 0 N–H and O–H groups in total. The first-order chi connectivity index (χ1) is 10.7. The van der Waals surface area contributed by atoms with Crippen LogP contribution in [0.2, 0.25) is 0 Å². The number of hydrogen-bond donors (Lipinski definition) is 0. The van der Waals surface area contributed by atoms with Crippen LogP contribution in [0, 0.1) is 0 Å². The molecule has 1 aliphatic carbocycles. The fourth-order valence-electron chi connectivity index (χ4n) is 2.18. The van der Waals surface area contributed by atoms with Gasteiger partial charge in [0.1, 0.15) is 12.4 Å². The van der Waals surface area contributed by atoms with Crippen molar-refractivity contribution in [3.05, 3.63) is 65.7 Å². The summed E-state index contributed by atoms with van der Waals surface area (Å²) in [6.07, 6.45) is 2.66. The quantitative estimate of drug-likeness (QED) is 0.707. The summed E-state index contributed by atoms with van der Waals surface area (Å²) in [5.74, 6) is -2.43. The highest BCUT2D eigenvalue weighted by atomic mass is 19.3. The van der Waals surface area contributed by atoms with E-state index in [1.54, 1.807) is 30.3 Å². The first-order valence-corrected chi connectivity index (χ1v) is 7.44. The van der Waals surface area contributed by atoms with Crippen molar-refractivity contribution in [2.45, 2.75) is 24.9 Å². The lowest BCUT2D eigenvalue weighted by molar-refractivity contribution is 0.0427. The molecule has 2 aromatic rings. The van der Waals surface area contributed by atoms with Crippen LogP contribution in [0.4, 0.5) is 8.78 Å². The fourth-order valence-corrected chi connectivity index (χ4v) is 2.18. The lowest BCUT2D eigenvalue weighted by Crippen LogP contribution is -2.15. The Bertz CT molecular complexity index is 592. The summed E-state index contributed by atoms with van der Waals surface area (Å²) in [6.45, 7) is 0.970. The minimum absolute atomic E-state index is 0.0125. The van der Waals surface area contributed by atoms with Crippen LogP contribution in [-0.4, -0.2) is 19.3 Å². The maximum absolute atomic E-state index is 14.4. The SMILES string of the molecule is FC(F)(c1ccccc1)c1ccc(OCCOC2CC2)cc1. The van der Waals surface area contributed by atoms with Crippen LogP contribution >= 0.6 is 0 Å². The van der Waals surface area contributed by atoms with Crippen molar-refractivity contribution in [3.63, 3.8) is 0 Å². The number of rotatable bonds is 7. The van der Waals surface area contributed by atoms with Gasteiger partial charge in [0.15, 0.2) is 0 Å². The molecule has 0 bridgehead atoms. The Morgan fingerprint density at radius 1 is 0.864 bits per heavy atom. The maximum Gasteiger partial charge on any atom is 0.298 e. The Hall–Kier alpha value is -1.94. The van der Waals surface area contributed by atoms with E-state index in [4.69, 9.17) is 9.47 Å². The number of halogens is 2. The Morgan fingerprint density at radius 2 is 1.50 bits per heavy atom. The fraction of sp³-hybridized carbons (Fsp3) is 0.333. The predicted molar refractivity (Wildman–Crippen MR) is 80.3 cm³/mol. The summed E-state index contributed by atoms with van der Waals surface area (Å²) in [5.41, 5.74) is -0.0539. The molecule has 0 saturated heterocycles. The number of hydrogen-bond acceptors (Lipinski definition) is 2. The first-order valence-electron chi connectivity index (χ1n) is 7.44. The summed E-state index contributed by atoms with van der Waals surface area (Å²) < 4.78 is 39.7. The average Bonchev–Trinajstić information content (AvgIpc) is 3.37. The third-order valence-corrected chi connectivity index (χ3v) is 3.58.